The van der Waals surface area contributed by atoms with E-state index in [2.05, 4.69) is 141 Å². The molecule has 2 aliphatic rings. The molecular formula is C33H32GdSi. The number of fused-ring (bicyclic) bond motifs is 2. The van der Waals surface area contributed by atoms with Gasteiger partial charge < -0.3 is 0 Å². The SMILES string of the molecule is C1=C(c2ccccc2)[CH]([Gd][CH]2C(c3ccccc3)=Cc3ccccc32)c2ccccc21.C[SiH](C)C. The van der Waals surface area contributed by atoms with Gasteiger partial charge in [0.1, 0.15) is 0 Å². The van der Waals surface area contributed by atoms with Gasteiger partial charge in [0.2, 0.25) is 0 Å². The molecule has 2 aliphatic carbocycles. The van der Waals surface area contributed by atoms with E-state index in [0.717, 1.165) is 0 Å². The van der Waals surface area contributed by atoms with Crippen molar-refractivity contribution in [3.63, 3.8) is 0 Å². The van der Waals surface area contributed by atoms with Crippen molar-refractivity contribution in [2.24, 2.45) is 0 Å². The van der Waals surface area contributed by atoms with Crippen LogP contribution in [0.25, 0.3) is 23.3 Å². The third-order valence-corrected chi connectivity index (χ3v) is 10.5. The van der Waals surface area contributed by atoms with Gasteiger partial charge in [-0.1, -0.05) is 19.6 Å². The third kappa shape index (κ3) is 5.52. The van der Waals surface area contributed by atoms with Gasteiger partial charge in [-0.05, 0) is 0 Å². The second kappa shape index (κ2) is 11.3. The van der Waals surface area contributed by atoms with E-state index in [-0.39, 0.29) is 8.80 Å². The normalized spacial score (nSPS) is 17.8. The molecule has 0 N–H and O–H groups in total. The molecule has 2 unspecified atom stereocenters. The smallest absolute Gasteiger partial charge is 0.0274 e. The minimum Gasteiger partial charge on any atom is -0.0724 e. The van der Waals surface area contributed by atoms with Crippen LogP contribution in [0.1, 0.15) is 36.8 Å². The largest absolute Gasteiger partial charge is 0.0724 e. The van der Waals surface area contributed by atoms with Crippen LogP contribution in [-0.4, -0.2) is 8.80 Å². The van der Waals surface area contributed by atoms with Gasteiger partial charge in [0.15, 0.2) is 0 Å². The van der Waals surface area contributed by atoms with Crippen molar-refractivity contribution in [2.75, 3.05) is 0 Å². The molecule has 0 fully saturated rings. The summed E-state index contributed by atoms with van der Waals surface area (Å²) in [4.78, 5) is 0. The Labute approximate surface area is 231 Å². The number of rotatable bonds is 4. The summed E-state index contributed by atoms with van der Waals surface area (Å²) in [5.74, 6) is 0. The Bertz CT molecular complexity index is 1250. The Balaban J connectivity index is 0.000000591. The molecule has 2 atom stereocenters. The fraction of sp³-hybridized carbons (Fsp3) is 0.152. The molecule has 0 bridgehead atoms. The molecule has 6 rings (SSSR count). The molecule has 176 valence electrons. The number of hydrogen-bond donors (Lipinski definition) is 0. The van der Waals surface area contributed by atoms with E-state index in [0.29, 0.717) is 3.40 Å². The molecule has 0 saturated carbocycles. The van der Waals surface area contributed by atoms with Crippen LogP contribution in [0, 0.1) is 35.9 Å². The first-order valence-electron chi connectivity index (χ1n) is 12.4. The predicted molar refractivity (Wildman–Crippen MR) is 152 cm³/mol. The van der Waals surface area contributed by atoms with Crippen LogP contribution >= 0.6 is 0 Å². The Morgan fingerprint density at radius 2 is 0.829 bits per heavy atom. The molecule has 0 amide bonds. The van der Waals surface area contributed by atoms with Crippen LogP contribution < -0.4 is 0 Å². The van der Waals surface area contributed by atoms with Crippen LogP contribution in [0.3, 0.4) is 0 Å². The van der Waals surface area contributed by atoms with Crippen LogP contribution in [0.2, 0.25) is 19.6 Å². The number of hydrogen-bond acceptors (Lipinski definition) is 0. The van der Waals surface area contributed by atoms with Crippen molar-refractivity contribution >= 4 is 32.1 Å². The molecule has 0 nitrogen and oxygen atoms in total. The average molecular weight is 614 g/mol. The first kappa shape index (κ1) is 24.6. The predicted octanol–water partition coefficient (Wildman–Crippen LogP) is 8.77. The van der Waals surface area contributed by atoms with E-state index in [4.69, 9.17) is 0 Å². The summed E-state index contributed by atoms with van der Waals surface area (Å²) in [5.41, 5.74) is 11.6. The molecule has 0 spiro atoms. The van der Waals surface area contributed by atoms with Gasteiger partial charge in [-0.15, -0.1) is 0 Å². The first-order chi connectivity index (χ1) is 17.1. The zero-order valence-electron chi connectivity index (χ0n) is 20.6. The second-order valence-electron chi connectivity index (χ2n) is 9.74. The van der Waals surface area contributed by atoms with Gasteiger partial charge in [-0.25, -0.2) is 0 Å². The van der Waals surface area contributed by atoms with Crippen molar-refractivity contribution < 1.29 is 35.9 Å². The van der Waals surface area contributed by atoms with E-state index in [9.17, 15) is 0 Å². The standard InChI is InChI=1S/2C15H11.C3H10Si.Gd/c2*1-2-6-12(7-3-1)15-10-13-8-4-5-9-14(13)11-15;1-4(2)3;/h2*1-11H;4H,1-3H3;. The summed E-state index contributed by atoms with van der Waals surface area (Å²) < 4.78 is 1.06. The van der Waals surface area contributed by atoms with Crippen molar-refractivity contribution in [1.82, 2.24) is 0 Å². The molecule has 0 radical (unpaired) electrons. The zero-order valence-corrected chi connectivity index (χ0v) is 24.1. The Morgan fingerprint density at radius 1 is 0.486 bits per heavy atom. The van der Waals surface area contributed by atoms with E-state index in [1.165, 1.54) is 44.5 Å². The Kier molecular flexibility index (Phi) is 7.95. The van der Waals surface area contributed by atoms with Crippen molar-refractivity contribution in [3.05, 3.63) is 143 Å². The van der Waals surface area contributed by atoms with Crippen LogP contribution in [0.5, 0.6) is 0 Å². The quantitative estimate of drug-likeness (QED) is 0.202. The van der Waals surface area contributed by atoms with Gasteiger partial charge in [0.05, 0.1) is 0 Å². The number of benzene rings is 4. The monoisotopic (exact) mass is 614 g/mol. The molecule has 0 aromatic heterocycles. The minimum absolute atomic E-state index is 0.139. The summed E-state index contributed by atoms with van der Waals surface area (Å²) in [6.45, 7) is 6.92. The fourth-order valence-electron chi connectivity index (χ4n) is 4.63. The number of allylic oxidation sites excluding steroid dienone is 2. The van der Waals surface area contributed by atoms with Crippen LogP contribution in [0.4, 0.5) is 0 Å². The van der Waals surface area contributed by atoms with Gasteiger partial charge in [-0.3, -0.25) is 0 Å². The van der Waals surface area contributed by atoms with Crippen LogP contribution in [0.15, 0.2) is 109 Å². The third-order valence-electron chi connectivity index (χ3n) is 6.13. The molecule has 0 heterocycles. The maximum absolute atomic E-state index is 2.44. The molecule has 2 heteroatoms. The summed E-state index contributed by atoms with van der Waals surface area (Å²) in [7, 11) is -0.139. The van der Waals surface area contributed by atoms with E-state index in [1.54, 1.807) is 0 Å². The molecule has 4 aromatic rings. The summed E-state index contributed by atoms with van der Waals surface area (Å²) in [5, 5.41) is 0. The molecular weight excluding hydrogens is 582 g/mol. The Hall–Kier alpha value is -2.10. The maximum atomic E-state index is 2.44. The topological polar surface area (TPSA) is 0 Å². The minimum atomic E-state index is -0.572. The summed E-state index contributed by atoms with van der Waals surface area (Å²) in [6.07, 6.45) is 4.88. The zero-order chi connectivity index (χ0) is 24.2. The van der Waals surface area contributed by atoms with E-state index in [1.807, 2.05) is 0 Å². The molecule has 0 aliphatic heterocycles. The van der Waals surface area contributed by atoms with Gasteiger partial charge >= 0.3 is 205 Å². The van der Waals surface area contributed by atoms with Crippen molar-refractivity contribution in [2.45, 2.75) is 23.0 Å². The van der Waals surface area contributed by atoms with Gasteiger partial charge in [-0.2, -0.15) is 0 Å². The maximum Gasteiger partial charge on any atom is 0.0274 e. The average Bonchev–Trinajstić information content (AvgIpc) is 3.44. The van der Waals surface area contributed by atoms with Crippen LogP contribution in [-0.2, 0) is 0 Å². The first-order valence-corrected chi connectivity index (χ1v) is 18.5. The summed E-state index contributed by atoms with van der Waals surface area (Å²) >= 11 is -0.572. The molecule has 4 aromatic carbocycles. The van der Waals surface area contributed by atoms with E-state index < -0.39 is 35.9 Å². The van der Waals surface area contributed by atoms with Gasteiger partial charge in [0.25, 0.3) is 0 Å². The van der Waals surface area contributed by atoms with Crippen molar-refractivity contribution in [1.29, 1.82) is 0 Å². The summed E-state index contributed by atoms with van der Waals surface area (Å²) in [6, 6.07) is 40.0. The second-order valence-corrected chi connectivity index (χ2v) is 16.6. The Morgan fingerprint density at radius 3 is 1.23 bits per heavy atom. The fourth-order valence-corrected chi connectivity index (χ4v) is 9.34. The van der Waals surface area contributed by atoms with Crippen molar-refractivity contribution in [3.8, 4) is 0 Å². The van der Waals surface area contributed by atoms with Gasteiger partial charge in [0, 0.05) is 8.80 Å². The molecule has 35 heavy (non-hydrogen) atoms. The van der Waals surface area contributed by atoms with E-state index >= 15 is 0 Å². The molecule has 0 saturated heterocycles.